The Hall–Kier alpha value is -1.55. The average Bonchev–Trinajstić information content (AvgIpc) is 2.37. The maximum atomic E-state index is 11.5. The second-order valence-electron chi connectivity index (χ2n) is 4.19. The Morgan fingerprint density at radius 2 is 2.06 bits per heavy atom. The van der Waals surface area contributed by atoms with Gasteiger partial charge in [-0.3, -0.25) is 4.79 Å². The minimum Gasteiger partial charge on any atom is -0.385 e. The average molecular weight is 250 g/mol. The fourth-order valence-electron chi connectivity index (χ4n) is 1.61. The van der Waals surface area contributed by atoms with Crippen molar-refractivity contribution in [3.63, 3.8) is 0 Å². The van der Waals surface area contributed by atoms with Crippen molar-refractivity contribution in [2.45, 2.75) is 19.8 Å². The van der Waals surface area contributed by atoms with Crippen molar-refractivity contribution in [1.29, 1.82) is 0 Å². The molecule has 2 N–H and O–H groups in total. The Morgan fingerprint density at radius 1 is 1.28 bits per heavy atom. The highest BCUT2D eigenvalue weighted by atomic mass is 16.5. The Bertz CT molecular complexity index is 367. The summed E-state index contributed by atoms with van der Waals surface area (Å²) in [6.45, 7) is 4.06. The number of hydrogen-bond donors (Lipinski definition) is 2. The fraction of sp³-hybridized carbons (Fsp3) is 0.500. The number of nitrogens with one attached hydrogen (secondary N) is 2. The van der Waals surface area contributed by atoms with Gasteiger partial charge in [0.05, 0.1) is 0 Å². The normalized spacial score (nSPS) is 10.1. The molecule has 4 heteroatoms. The second kappa shape index (κ2) is 8.53. The number of ether oxygens (including phenoxy) is 1. The van der Waals surface area contributed by atoms with E-state index < -0.39 is 0 Å². The summed E-state index contributed by atoms with van der Waals surface area (Å²) in [5.74, 6) is 0.0761. The van der Waals surface area contributed by atoms with Crippen LogP contribution in [0.4, 0.5) is 5.69 Å². The quantitative estimate of drug-likeness (QED) is 0.693. The predicted molar refractivity (Wildman–Crippen MR) is 73.8 cm³/mol. The lowest BCUT2D eigenvalue weighted by Gasteiger charge is -2.09. The van der Waals surface area contributed by atoms with Gasteiger partial charge in [0, 0.05) is 38.9 Å². The van der Waals surface area contributed by atoms with Crippen molar-refractivity contribution in [3.05, 3.63) is 29.8 Å². The molecule has 1 aromatic rings. The van der Waals surface area contributed by atoms with Crippen LogP contribution in [0.25, 0.3) is 0 Å². The van der Waals surface area contributed by atoms with Gasteiger partial charge in [-0.25, -0.2) is 0 Å². The van der Waals surface area contributed by atoms with Crippen molar-refractivity contribution in [2.24, 2.45) is 0 Å². The highest BCUT2D eigenvalue weighted by Gasteiger charge is 2.01. The highest BCUT2D eigenvalue weighted by molar-refractivity contribution is 5.76. The fourth-order valence-corrected chi connectivity index (χ4v) is 1.61. The number of carbonyl (C=O) groups excluding carboxylic acids is 1. The van der Waals surface area contributed by atoms with Gasteiger partial charge in [-0.2, -0.15) is 0 Å². The summed E-state index contributed by atoms with van der Waals surface area (Å²) in [4.78, 5) is 11.5. The molecule has 4 nitrogen and oxygen atoms in total. The minimum absolute atomic E-state index is 0.0761. The van der Waals surface area contributed by atoms with Crippen LogP contribution in [0, 0.1) is 6.92 Å². The van der Waals surface area contributed by atoms with Gasteiger partial charge in [0.1, 0.15) is 0 Å². The van der Waals surface area contributed by atoms with Crippen LogP contribution < -0.4 is 10.6 Å². The lowest BCUT2D eigenvalue weighted by Crippen LogP contribution is -2.26. The van der Waals surface area contributed by atoms with Crippen molar-refractivity contribution >= 4 is 11.6 Å². The Balaban J connectivity index is 2.14. The maximum Gasteiger partial charge on any atom is 0.221 e. The molecule has 0 fully saturated rings. The first-order valence-electron chi connectivity index (χ1n) is 6.29. The zero-order chi connectivity index (χ0) is 13.2. The predicted octanol–water partition coefficient (Wildman–Crippen LogP) is 1.95. The van der Waals surface area contributed by atoms with Crippen molar-refractivity contribution in [1.82, 2.24) is 5.32 Å². The molecule has 1 amide bonds. The Labute approximate surface area is 109 Å². The molecule has 0 bridgehead atoms. The van der Waals surface area contributed by atoms with E-state index in [9.17, 15) is 4.79 Å². The Kier molecular flexibility index (Phi) is 6.87. The third-order valence-corrected chi connectivity index (χ3v) is 2.66. The van der Waals surface area contributed by atoms with Crippen LogP contribution in [0.2, 0.25) is 0 Å². The molecule has 0 heterocycles. The number of anilines is 1. The lowest BCUT2D eigenvalue weighted by atomic mass is 10.2. The molecule has 1 rings (SSSR count). The molecular formula is C14H22N2O2. The molecular weight excluding hydrogens is 228 g/mol. The van der Waals surface area contributed by atoms with E-state index in [-0.39, 0.29) is 5.91 Å². The minimum atomic E-state index is 0.0761. The topological polar surface area (TPSA) is 50.4 Å². The first-order valence-corrected chi connectivity index (χ1v) is 6.29. The van der Waals surface area contributed by atoms with Gasteiger partial charge in [0.15, 0.2) is 0 Å². The standard InChI is InChI=1S/C14H22N2O2/c1-12-6-3-4-7-13(12)15-10-8-14(17)16-9-5-11-18-2/h3-4,6-7,15H,5,8-11H2,1-2H3,(H,16,17). The zero-order valence-corrected chi connectivity index (χ0v) is 11.2. The largest absolute Gasteiger partial charge is 0.385 e. The van der Waals surface area contributed by atoms with Crippen LogP contribution in [-0.2, 0) is 9.53 Å². The number of aryl methyl sites for hydroxylation is 1. The first kappa shape index (κ1) is 14.5. The third kappa shape index (κ3) is 5.68. The van der Waals surface area contributed by atoms with Crippen LogP contribution in [0.1, 0.15) is 18.4 Å². The lowest BCUT2D eigenvalue weighted by molar-refractivity contribution is -0.120. The van der Waals surface area contributed by atoms with Crippen LogP contribution in [0.5, 0.6) is 0 Å². The van der Waals surface area contributed by atoms with Gasteiger partial charge in [-0.15, -0.1) is 0 Å². The van der Waals surface area contributed by atoms with Crippen LogP contribution >= 0.6 is 0 Å². The van der Waals surface area contributed by atoms with Crippen molar-refractivity contribution in [3.8, 4) is 0 Å². The summed E-state index contributed by atoms with van der Waals surface area (Å²) in [5.41, 5.74) is 2.28. The highest BCUT2D eigenvalue weighted by Crippen LogP contribution is 2.12. The number of benzene rings is 1. The van der Waals surface area contributed by atoms with Gasteiger partial charge in [0.25, 0.3) is 0 Å². The maximum absolute atomic E-state index is 11.5. The SMILES string of the molecule is COCCCNC(=O)CCNc1ccccc1C. The smallest absolute Gasteiger partial charge is 0.221 e. The van der Waals surface area contributed by atoms with E-state index in [4.69, 9.17) is 4.74 Å². The molecule has 0 aliphatic heterocycles. The van der Waals surface area contributed by atoms with Gasteiger partial charge in [-0.1, -0.05) is 18.2 Å². The van der Waals surface area contributed by atoms with E-state index in [0.29, 0.717) is 26.1 Å². The number of rotatable bonds is 8. The monoisotopic (exact) mass is 250 g/mol. The summed E-state index contributed by atoms with van der Waals surface area (Å²) >= 11 is 0. The first-order chi connectivity index (χ1) is 8.74. The van der Waals surface area contributed by atoms with Gasteiger partial charge in [0.2, 0.25) is 5.91 Å². The van der Waals surface area contributed by atoms with E-state index >= 15 is 0 Å². The Morgan fingerprint density at radius 3 is 2.78 bits per heavy atom. The van der Waals surface area contributed by atoms with Crippen LogP contribution in [0.15, 0.2) is 24.3 Å². The molecule has 0 unspecified atom stereocenters. The molecule has 0 saturated carbocycles. The molecule has 100 valence electrons. The molecule has 0 aliphatic carbocycles. The van der Waals surface area contributed by atoms with E-state index in [1.54, 1.807) is 7.11 Å². The van der Waals surface area contributed by atoms with Crippen molar-refractivity contribution in [2.75, 3.05) is 32.1 Å². The summed E-state index contributed by atoms with van der Waals surface area (Å²) in [6.07, 6.45) is 1.34. The van der Waals surface area contributed by atoms with Gasteiger partial charge in [-0.05, 0) is 25.0 Å². The second-order valence-corrected chi connectivity index (χ2v) is 4.19. The van der Waals surface area contributed by atoms with Crippen LogP contribution in [-0.4, -0.2) is 32.7 Å². The summed E-state index contributed by atoms with van der Waals surface area (Å²) < 4.78 is 4.91. The van der Waals surface area contributed by atoms with Gasteiger partial charge < -0.3 is 15.4 Å². The molecule has 0 saturated heterocycles. The van der Waals surface area contributed by atoms with Crippen molar-refractivity contribution < 1.29 is 9.53 Å². The molecule has 0 atom stereocenters. The molecule has 0 spiro atoms. The van der Waals surface area contributed by atoms with E-state index in [1.165, 1.54) is 5.56 Å². The third-order valence-electron chi connectivity index (χ3n) is 2.66. The summed E-state index contributed by atoms with van der Waals surface area (Å²) in [6, 6.07) is 8.06. The summed E-state index contributed by atoms with van der Waals surface area (Å²) in [5, 5.41) is 6.12. The molecule has 0 radical (unpaired) electrons. The van der Waals surface area contributed by atoms with E-state index in [1.807, 2.05) is 31.2 Å². The number of hydrogen-bond acceptors (Lipinski definition) is 3. The number of methoxy groups -OCH3 is 1. The number of para-hydroxylation sites is 1. The molecule has 0 aliphatic rings. The molecule has 1 aromatic carbocycles. The number of carbonyl (C=O) groups is 1. The molecule has 18 heavy (non-hydrogen) atoms. The zero-order valence-electron chi connectivity index (χ0n) is 11.2. The van der Waals surface area contributed by atoms with Crippen LogP contribution in [0.3, 0.4) is 0 Å². The van der Waals surface area contributed by atoms with E-state index in [0.717, 1.165) is 12.1 Å². The molecule has 0 aromatic heterocycles. The van der Waals surface area contributed by atoms with E-state index in [2.05, 4.69) is 10.6 Å². The summed E-state index contributed by atoms with van der Waals surface area (Å²) in [7, 11) is 1.66. The van der Waals surface area contributed by atoms with Gasteiger partial charge >= 0.3 is 0 Å². The number of amides is 1.